The first-order chi connectivity index (χ1) is 18.5. The van der Waals surface area contributed by atoms with Gasteiger partial charge in [-0.3, -0.25) is 4.79 Å². The molecule has 0 unspecified atom stereocenters. The van der Waals surface area contributed by atoms with Crippen molar-refractivity contribution in [3.05, 3.63) is 83.4 Å². The summed E-state index contributed by atoms with van der Waals surface area (Å²) in [5.74, 6) is 1.43. The van der Waals surface area contributed by atoms with E-state index in [-0.39, 0.29) is 23.8 Å². The lowest BCUT2D eigenvalue weighted by atomic mass is 9.75. The average Bonchev–Trinajstić information content (AvgIpc) is 2.95. The van der Waals surface area contributed by atoms with Crippen LogP contribution in [0.15, 0.2) is 66.7 Å². The van der Waals surface area contributed by atoms with Crippen LogP contribution in [0.2, 0.25) is 0 Å². The summed E-state index contributed by atoms with van der Waals surface area (Å²) in [6, 6.07) is 23.0. The minimum Gasteiger partial charge on any atom is -0.493 e. The fraction of sp³-hybridized carbons (Fsp3) is 0.406. The Bertz CT molecular complexity index is 1200. The van der Waals surface area contributed by atoms with Crippen LogP contribution in [0.3, 0.4) is 0 Å². The summed E-state index contributed by atoms with van der Waals surface area (Å²) in [5, 5.41) is 6.67. The molecule has 0 radical (unpaired) electrons. The molecule has 4 rings (SSSR count). The highest BCUT2D eigenvalue weighted by Crippen LogP contribution is 2.46. The Morgan fingerprint density at radius 1 is 0.974 bits per heavy atom. The number of amides is 1. The number of piperidine rings is 1. The van der Waals surface area contributed by atoms with Gasteiger partial charge < -0.3 is 24.8 Å². The second-order valence-electron chi connectivity index (χ2n) is 10.1. The van der Waals surface area contributed by atoms with Crippen LogP contribution in [-0.4, -0.2) is 52.5 Å². The predicted octanol–water partition coefficient (Wildman–Crippen LogP) is 5.78. The predicted molar refractivity (Wildman–Crippen MR) is 152 cm³/mol. The van der Waals surface area contributed by atoms with Crippen LogP contribution in [0.5, 0.6) is 11.5 Å². The molecule has 38 heavy (non-hydrogen) atoms. The molecule has 1 aliphatic rings. The Morgan fingerprint density at radius 2 is 1.76 bits per heavy atom. The van der Waals surface area contributed by atoms with Gasteiger partial charge in [-0.1, -0.05) is 54.6 Å². The highest BCUT2D eigenvalue weighted by molar-refractivity contribution is 5.97. The second-order valence-corrected chi connectivity index (χ2v) is 10.1. The molecule has 0 bridgehead atoms. The standard InChI is InChI=1S/C32H40N2O4/c1-22(2)34-32(35)27-14-15-29(37-4)31(38-19-9-18-36-3)30(27)28-21-33-17-16-26(28)25-13-8-12-24(20-25)23-10-6-5-7-11-23/h5-8,10-15,20,22,26,28,33H,9,16-19,21H2,1-4H3,(H,34,35)/t26-,28+/m0/s1. The molecule has 1 aliphatic heterocycles. The number of hydrogen-bond donors (Lipinski definition) is 2. The molecule has 1 fully saturated rings. The molecule has 0 saturated carbocycles. The first kappa shape index (κ1) is 27.7. The summed E-state index contributed by atoms with van der Waals surface area (Å²) in [6.07, 6.45) is 1.70. The van der Waals surface area contributed by atoms with Crippen LogP contribution in [0.25, 0.3) is 11.1 Å². The van der Waals surface area contributed by atoms with Crippen molar-refractivity contribution < 1.29 is 19.0 Å². The first-order valence-electron chi connectivity index (χ1n) is 13.5. The summed E-state index contributed by atoms with van der Waals surface area (Å²) < 4.78 is 17.4. The van der Waals surface area contributed by atoms with Gasteiger partial charge in [0.2, 0.25) is 0 Å². The Labute approximate surface area is 226 Å². The third-order valence-corrected chi connectivity index (χ3v) is 7.06. The zero-order valence-electron chi connectivity index (χ0n) is 23.0. The zero-order valence-corrected chi connectivity index (χ0v) is 23.0. The number of benzene rings is 3. The van der Waals surface area contributed by atoms with E-state index in [0.717, 1.165) is 31.5 Å². The molecule has 1 saturated heterocycles. The summed E-state index contributed by atoms with van der Waals surface area (Å²) in [5.41, 5.74) is 5.20. The Morgan fingerprint density at radius 3 is 2.50 bits per heavy atom. The van der Waals surface area contributed by atoms with E-state index in [1.165, 1.54) is 16.7 Å². The van der Waals surface area contributed by atoms with Crippen molar-refractivity contribution in [3.8, 4) is 22.6 Å². The number of hydrogen-bond acceptors (Lipinski definition) is 5. The van der Waals surface area contributed by atoms with Crippen molar-refractivity contribution in [1.82, 2.24) is 10.6 Å². The molecule has 1 heterocycles. The summed E-state index contributed by atoms with van der Waals surface area (Å²) in [6.45, 7) is 6.68. The van der Waals surface area contributed by atoms with Crippen molar-refractivity contribution in [1.29, 1.82) is 0 Å². The van der Waals surface area contributed by atoms with Gasteiger partial charge >= 0.3 is 0 Å². The lowest BCUT2D eigenvalue weighted by molar-refractivity contribution is 0.0940. The molecule has 202 valence electrons. The van der Waals surface area contributed by atoms with E-state index in [4.69, 9.17) is 14.2 Å². The topological polar surface area (TPSA) is 68.8 Å². The fourth-order valence-corrected chi connectivity index (χ4v) is 5.31. The molecule has 3 aromatic carbocycles. The molecular weight excluding hydrogens is 476 g/mol. The van der Waals surface area contributed by atoms with Crippen molar-refractivity contribution >= 4 is 5.91 Å². The number of carbonyl (C=O) groups is 1. The lowest BCUT2D eigenvalue weighted by Crippen LogP contribution is -2.37. The van der Waals surface area contributed by atoms with Crippen LogP contribution >= 0.6 is 0 Å². The average molecular weight is 517 g/mol. The van der Waals surface area contributed by atoms with Gasteiger partial charge in [-0.05, 0) is 61.6 Å². The highest BCUT2D eigenvalue weighted by Gasteiger charge is 2.35. The number of methoxy groups -OCH3 is 2. The van der Waals surface area contributed by atoms with Gasteiger partial charge in [-0.15, -0.1) is 0 Å². The Balaban J connectivity index is 1.80. The normalized spacial score (nSPS) is 17.3. The number of rotatable bonds is 11. The van der Waals surface area contributed by atoms with Crippen molar-refractivity contribution in [2.75, 3.05) is 40.5 Å². The molecule has 3 aromatic rings. The summed E-state index contributed by atoms with van der Waals surface area (Å²) >= 11 is 0. The van der Waals surface area contributed by atoms with Crippen LogP contribution in [0.1, 0.15) is 60.0 Å². The van der Waals surface area contributed by atoms with Gasteiger partial charge in [0, 0.05) is 49.8 Å². The third-order valence-electron chi connectivity index (χ3n) is 7.06. The Hall–Kier alpha value is -3.35. The van der Waals surface area contributed by atoms with Gasteiger partial charge in [-0.2, -0.15) is 0 Å². The largest absolute Gasteiger partial charge is 0.493 e. The van der Waals surface area contributed by atoms with Crippen LogP contribution < -0.4 is 20.1 Å². The van der Waals surface area contributed by atoms with Crippen LogP contribution in [0, 0.1) is 0 Å². The van der Waals surface area contributed by atoms with E-state index in [9.17, 15) is 4.79 Å². The van der Waals surface area contributed by atoms with E-state index in [1.54, 1.807) is 14.2 Å². The molecule has 2 atom stereocenters. The minimum absolute atomic E-state index is 0.0198. The van der Waals surface area contributed by atoms with E-state index in [0.29, 0.717) is 30.3 Å². The molecule has 0 aliphatic carbocycles. The number of ether oxygens (including phenoxy) is 3. The lowest BCUT2D eigenvalue weighted by Gasteiger charge is -2.35. The molecule has 0 spiro atoms. The summed E-state index contributed by atoms with van der Waals surface area (Å²) in [4.78, 5) is 13.5. The second kappa shape index (κ2) is 13.4. The maximum absolute atomic E-state index is 13.5. The molecule has 6 nitrogen and oxygen atoms in total. The maximum atomic E-state index is 13.5. The molecule has 1 amide bonds. The van der Waals surface area contributed by atoms with Gasteiger partial charge in [0.1, 0.15) is 0 Å². The maximum Gasteiger partial charge on any atom is 0.251 e. The Kier molecular flexibility index (Phi) is 9.79. The van der Waals surface area contributed by atoms with E-state index in [2.05, 4.69) is 59.2 Å². The molecular formula is C32H40N2O4. The fourth-order valence-electron chi connectivity index (χ4n) is 5.31. The number of nitrogens with one attached hydrogen (secondary N) is 2. The molecule has 0 aromatic heterocycles. The van der Waals surface area contributed by atoms with Gasteiger partial charge in [0.15, 0.2) is 11.5 Å². The third kappa shape index (κ3) is 6.55. The quantitative estimate of drug-likeness (QED) is 0.317. The molecule has 6 heteroatoms. The van der Waals surface area contributed by atoms with Crippen molar-refractivity contribution in [2.45, 2.75) is 44.6 Å². The first-order valence-corrected chi connectivity index (χ1v) is 13.5. The van der Waals surface area contributed by atoms with Crippen LogP contribution in [-0.2, 0) is 4.74 Å². The SMILES string of the molecule is COCCCOc1c(OC)ccc(C(=O)NC(C)C)c1[C@@H]1CNCC[C@H]1c1cccc(-c2ccccc2)c1. The highest BCUT2D eigenvalue weighted by atomic mass is 16.5. The smallest absolute Gasteiger partial charge is 0.251 e. The molecule has 2 N–H and O–H groups in total. The van der Waals surface area contributed by atoms with E-state index < -0.39 is 0 Å². The van der Waals surface area contributed by atoms with Gasteiger partial charge in [0.05, 0.1) is 13.7 Å². The zero-order chi connectivity index (χ0) is 26.9. The monoisotopic (exact) mass is 516 g/mol. The van der Waals surface area contributed by atoms with E-state index >= 15 is 0 Å². The van der Waals surface area contributed by atoms with Gasteiger partial charge in [-0.25, -0.2) is 0 Å². The van der Waals surface area contributed by atoms with E-state index in [1.807, 2.05) is 32.0 Å². The minimum atomic E-state index is -0.0956. The van der Waals surface area contributed by atoms with Crippen molar-refractivity contribution in [3.63, 3.8) is 0 Å². The summed E-state index contributed by atoms with van der Waals surface area (Å²) in [7, 11) is 3.33. The van der Waals surface area contributed by atoms with Crippen molar-refractivity contribution in [2.24, 2.45) is 0 Å². The van der Waals surface area contributed by atoms with Gasteiger partial charge in [0.25, 0.3) is 5.91 Å². The number of carbonyl (C=O) groups excluding carboxylic acids is 1. The van der Waals surface area contributed by atoms with Crippen LogP contribution in [0.4, 0.5) is 0 Å².